The topological polar surface area (TPSA) is 32.3 Å². The van der Waals surface area contributed by atoms with Gasteiger partial charge in [0, 0.05) is 24.9 Å². The zero-order chi connectivity index (χ0) is 12.2. The fourth-order valence-electron chi connectivity index (χ4n) is 1.65. The normalized spacial score (nSPS) is 15.0. The predicted molar refractivity (Wildman–Crippen MR) is 75.2 cm³/mol. The average Bonchev–Trinajstić information content (AvgIpc) is 2.31. The molecule has 0 fully saturated rings. The largest absolute Gasteiger partial charge is 0.396 e. The Morgan fingerprint density at radius 1 is 1.19 bits per heavy atom. The van der Waals surface area contributed by atoms with E-state index in [0.29, 0.717) is 12.6 Å². The highest BCUT2D eigenvalue weighted by atomic mass is 32.2. The van der Waals surface area contributed by atoms with E-state index in [1.807, 2.05) is 11.8 Å². The van der Waals surface area contributed by atoms with Crippen molar-refractivity contribution in [2.75, 3.05) is 24.7 Å². The van der Waals surface area contributed by atoms with Crippen LogP contribution >= 0.6 is 11.8 Å². The van der Waals surface area contributed by atoms with Crippen LogP contribution in [0.5, 0.6) is 0 Å². The van der Waals surface area contributed by atoms with Crippen LogP contribution in [0.4, 0.5) is 0 Å². The summed E-state index contributed by atoms with van der Waals surface area (Å²) in [6.07, 6.45) is 4.73. The Bertz CT molecular complexity index is 144. The van der Waals surface area contributed by atoms with Crippen molar-refractivity contribution in [3.8, 4) is 0 Å². The Kier molecular flexibility index (Phi) is 11.9. The minimum atomic E-state index is 0.325. The van der Waals surface area contributed by atoms with Crippen molar-refractivity contribution in [1.82, 2.24) is 5.32 Å². The molecule has 0 aliphatic rings. The minimum Gasteiger partial charge on any atom is -0.396 e. The molecule has 2 unspecified atom stereocenters. The molecule has 0 saturated heterocycles. The second-order valence-electron chi connectivity index (χ2n) is 4.50. The molecule has 2 nitrogen and oxygen atoms in total. The van der Waals surface area contributed by atoms with Crippen LogP contribution in [-0.2, 0) is 0 Å². The molecule has 0 aliphatic carbocycles. The van der Waals surface area contributed by atoms with Crippen molar-refractivity contribution in [3.63, 3.8) is 0 Å². The Morgan fingerprint density at radius 2 is 1.94 bits per heavy atom. The van der Waals surface area contributed by atoms with Crippen LogP contribution < -0.4 is 5.32 Å². The van der Waals surface area contributed by atoms with Gasteiger partial charge < -0.3 is 10.4 Å². The Labute approximate surface area is 106 Å². The molecule has 98 valence electrons. The molecule has 2 atom stereocenters. The van der Waals surface area contributed by atoms with E-state index in [-0.39, 0.29) is 0 Å². The number of aliphatic hydroxyl groups excluding tert-OH is 1. The van der Waals surface area contributed by atoms with Gasteiger partial charge in [-0.3, -0.25) is 0 Å². The molecule has 2 N–H and O–H groups in total. The van der Waals surface area contributed by atoms with Gasteiger partial charge in [0.2, 0.25) is 0 Å². The highest BCUT2D eigenvalue weighted by Gasteiger charge is 2.08. The SMILES string of the molecule is CCC(C)CC(CC)NCCSCCCO. The summed E-state index contributed by atoms with van der Waals surface area (Å²) in [6.45, 7) is 8.29. The van der Waals surface area contributed by atoms with Crippen LogP contribution in [0.15, 0.2) is 0 Å². The first-order valence-electron chi connectivity index (χ1n) is 6.66. The van der Waals surface area contributed by atoms with Crippen LogP contribution in [0, 0.1) is 5.92 Å². The Balaban J connectivity index is 3.40. The molecule has 3 heteroatoms. The summed E-state index contributed by atoms with van der Waals surface area (Å²) < 4.78 is 0. The van der Waals surface area contributed by atoms with Gasteiger partial charge in [0.15, 0.2) is 0 Å². The van der Waals surface area contributed by atoms with Crippen molar-refractivity contribution in [2.45, 2.75) is 52.5 Å². The van der Waals surface area contributed by atoms with Gasteiger partial charge in [-0.15, -0.1) is 0 Å². The minimum absolute atomic E-state index is 0.325. The number of thioether (sulfide) groups is 1. The summed E-state index contributed by atoms with van der Waals surface area (Å²) in [6, 6.07) is 0.688. The lowest BCUT2D eigenvalue weighted by Gasteiger charge is -2.20. The highest BCUT2D eigenvalue weighted by molar-refractivity contribution is 7.99. The smallest absolute Gasteiger partial charge is 0.0438 e. The second-order valence-corrected chi connectivity index (χ2v) is 5.72. The number of aliphatic hydroxyl groups is 1. The molecule has 16 heavy (non-hydrogen) atoms. The maximum atomic E-state index is 8.65. The van der Waals surface area contributed by atoms with Crippen LogP contribution in [0.1, 0.15) is 46.5 Å². The number of rotatable bonds is 11. The van der Waals surface area contributed by atoms with Crippen molar-refractivity contribution in [1.29, 1.82) is 0 Å². The molecule has 0 heterocycles. The molecule has 0 radical (unpaired) electrons. The molecule has 0 spiro atoms. The van der Waals surface area contributed by atoms with E-state index in [1.165, 1.54) is 19.3 Å². The molecule has 0 saturated carbocycles. The van der Waals surface area contributed by atoms with Crippen molar-refractivity contribution in [3.05, 3.63) is 0 Å². The molecule has 0 bridgehead atoms. The van der Waals surface area contributed by atoms with Crippen LogP contribution in [-0.4, -0.2) is 35.8 Å². The molecule has 0 amide bonds. The van der Waals surface area contributed by atoms with E-state index in [4.69, 9.17) is 5.11 Å². The number of hydrogen-bond donors (Lipinski definition) is 2. The lowest BCUT2D eigenvalue weighted by atomic mass is 9.98. The zero-order valence-corrected chi connectivity index (χ0v) is 12.0. The maximum absolute atomic E-state index is 8.65. The summed E-state index contributed by atoms with van der Waals surface area (Å²) in [7, 11) is 0. The summed E-state index contributed by atoms with van der Waals surface area (Å²) in [5.74, 6) is 3.08. The van der Waals surface area contributed by atoms with Crippen molar-refractivity contribution >= 4 is 11.8 Å². The van der Waals surface area contributed by atoms with Gasteiger partial charge in [-0.25, -0.2) is 0 Å². The Hall–Kier alpha value is 0.270. The number of nitrogens with one attached hydrogen (secondary N) is 1. The molecular formula is C13H29NOS. The fourth-order valence-corrected chi connectivity index (χ4v) is 2.45. The third-order valence-corrected chi connectivity index (χ3v) is 4.07. The van der Waals surface area contributed by atoms with Crippen LogP contribution in [0.3, 0.4) is 0 Å². The van der Waals surface area contributed by atoms with Gasteiger partial charge in [0.1, 0.15) is 0 Å². The van der Waals surface area contributed by atoms with Crippen molar-refractivity contribution < 1.29 is 5.11 Å². The summed E-state index contributed by atoms with van der Waals surface area (Å²) in [5, 5.41) is 12.3. The second kappa shape index (κ2) is 11.7. The first-order valence-corrected chi connectivity index (χ1v) is 7.82. The standard InChI is InChI=1S/C13H29NOS/c1-4-12(3)11-13(5-2)14-7-10-16-9-6-8-15/h12-15H,4-11H2,1-3H3. The van der Waals surface area contributed by atoms with E-state index >= 15 is 0 Å². The molecule has 0 aliphatic heterocycles. The van der Waals surface area contributed by atoms with Gasteiger partial charge in [-0.05, 0) is 30.9 Å². The molecular weight excluding hydrogens is 218 g/mol. The lowest BCUT2D eigenvalue weighted by Crippen LogP contribution is -2.31. The van der Waals surface area contributed by atoms with E-state index in [0.717, 1.165) is 30.4 Å². The van der Waals surface area contributed by atoms with Crippen LogP contribution in [0.2, 0.25) is 0 Å². The molecule has 0 aromatic carbocycles. The third kappa shape index (κ3) is 9.49. The maximum Gasteiger partial charge on any atom is 0.0438 e. The van der Waals surface area contributed by atoms with Gasteiger partial charge in [-0.2, -0.15) is 11.8 Å². The average molecular weight is 247 g/mol. The molecule has 0 aromatic rings. The quantitative estimate of drug-likeness (QED) is 0.551. The van der Waals surface area contributed by atoms with Gasteiger partial charge >= 0.3 is 0 Å². The van der Waals surface area contributed by atoms with Crippen LogP contribution in [0.25, 0.3) is 0 Å². The first-order chi connectivity index (χ1) is 7.74. The first kappa shape index (κ1) is 16.3. The van der Waals surface area contributed by atoms with E-state index in [1.54, 1.807) is 0 Å². The number of hydrogen-bond acceptors (Lipinski definition) is 3. The van der Waals surface area contributed by atoms with Gasteiger partial charge in [-0.1, -0.05) is 27.2 Å². The third-order valence-electron chi connectivity index (χ3n) is 3.00. The molecule has 0 rings (SSSR count). The zero-order valence-electron chi connectivity index (χ0n) is 11.2. The van der Waals surface area contributed by atoms with Gasteiger partial charge in [0.05, 0.1) is 0 Å². The molecule has 0 aromatic heterocycles. The summed E-state index contributed by atoms with van der Waals surface area (Å²) in [4.78, 5) is 0. The van der Waals surface area contributed by atoms with Gasteiger partial charge in [0.25, 0.3) is 0 Å². The lowest BCUT2D eigenvalue weighted by molar-refractivity contribution is 0.296. The predicted octanol–water partition coefficient (Wildman–Crippen LogP) is 2.91. The van der Waals surface area contributed by atoms with Crippen molar-refractivity contribution in [2.24, 2.45) is 5.92 Å². The van der Waals surface area contributed by atoms with E-state index in [9.17, 15) is 0 Å². The Morgan fingerprint density at radius 3 is 2.50 bits per heavy atom. The highest BCUT2D eigenvalue weighted by Crippen LogP contribution is 2.12. The van der Waals surface area contributed by atoms with E-state index < -0.39 is 0 Å². The monoisotopic (exact) mass is 247 g/mol. The summed E-state index contributed by atoms with van der Waals surface area (Å²) in [5.41, 5.74) is 0. The fraction of sp³-hybridized carbons (Fsp3) is 1.00. The van der Waals surface area contributed by atoms with E-state index in [2.05, 4.69) is 26.1 Å². The summed E-state index contributed by atoms with van der Waals surface area (Å²) >= 11 is 1.93.